The molecule has 31 heavy (non-hydrogen) atoms. The highest BCUT2D eigenvalue weighted by Gasteiger charge is 2.34. The van der Waals surface area contributed by atoms with E-state index in [2.05, 4.69) is 0 Å². The van der Waals surface area contributed by atoms with Gasteiger partial charge in [-0.25, -0.2) is 0 Å². The van der Waals surface area contributed by atoms with E-state index in [1.54, 1.807) is 41.2 Å². The second kappa shape index (κ2) is 9.11. The summed E-state index contributed by atoms with van der Waals surface area (Å²) in [6.45, 7) is 0.861. The molecule has 1 amide bonds. The van der Waals surface area contributed by atoms with Crippen molar-refractivity contribution in [1.29, 1.82) is 0 Å². The number of hydrogen-bond donors (Lipinski definition) is 0. The molecule has 2 aromatic carbocycles. The number of anilines is 1. The first-order valence-electron chi connectivity index (χ1n) is 9.34. The van der Waals surface area contributed by atoms with E-state index in [1.165, 1.54) is 0 Å². The maximum atomic E-state index is 12.9. The van der Waals surface area contributed by atoms with E-state index in [0.717, 1.165) is 12.1 Å². The van der Waals surface area contributed by atoms with Gasteiger partial charge in [0.25, 0.3) is 11.6 Å². The number of ether oxygens (including phenoxy) is 2. The summed E-state index contributed by atoms with van der Waals surface area (Å²) >= 11 is 0. The number of carbonyl (C=O) groups excluding carboxylic acids is 1. The number of nitro benzene ring substituents is 1. The number of piperazine rings is 1. The third kappa shape index (κ3) is 5.36. The summed E-state index contributed by atoms with van der Waals surface area (Å²) in [5, 5.41) is 11.3. The summed E-state index contributed by atoms with van der Waals surface area (Å²) in [7, 11) is 1.54. The lowest BCUT2D eigenvalue weighted by Gasteiger charge is -2.35. The Morgan fingerprint density at radius 2 is 1.68 bits per heavy atom. The molecular formula is C20H20F3N3O5. The zero-order valence-corrected chi connectivity index (χ0v) is 16.6. The summed E-state index contributed by atoms with van der Waals surface area (Å²) < 4.78 is 49.2. The third-order valence-corrected chi connectivity index (χ3v) is 4.89. The Balaban J connectivity index is 1.59. The van der Waals surface area contributed by atoms with Gasteiger partial charge in [-0.3, -0.25) is 14.9 Å². The molecule has 0 unspecified atom stereocenters. The zero-order chi connectivity index (χ0) is 22.6. The monoisotopic (exact) mass is 439 g/mol. The van der Waals surface area contributed by atoms with E-state index in [4.69, 9.17) is 9.47 Å². The quantitative estimate of drug-likeness (QED) is 0.507. The molecule has 1 aliphatic heterocycles. The number of benzene rings is 2. The van der Waals surface area contributed by atoms with Gasteiger partial charge >= 0.3 is 6.18 Å². The van der Waals surface area contributed by atoms with E-state index in [9.17, 15) is 28.1 Å². The van der Waals surface area contributed by atoms with Crippen molar-refractivity contribution in [1.82, 2.24) is 4.90 Å². The molecule has 8 nitrogen and oxygen atoms in total. The molecule has 1 fully saturated rings. The van der Waals surface area contributed by atoms with Crippen molar-refractivity contribution < 1.29 is 32.4 Å². The molecule has 0 N–H and O–H groups in total. The second-order valence-corrected chi connectivity index (χ2v) is 6.79. The van der Waals surface area contributed by atoms with Crippen LogP contribution in [0.5, 0.6) is 11.5 Å². The van der Waals surface area contributed by atoms with Crippen LogP contribution in [0.25, 0.3) is 0 Å². The minimum atomic E-state index is -4.67. The Morgan fingerprint density at radius 3 is 2.23 bits per heavy atom. The number of nitro groups is 1. The average Bonchev–Trinajstić information content (AvgIpc) is 2.77. The van der Waals surface area contributed by atoms with E-state index >= 15 is 0 Å². The first-order valence-corrected chi connectivity index (χ1v) is 9.34. The summed E-state index contributed by atoms with van der Waals surface area (Å²) in [4.78, 5) is 26.0. The van der Waals surface area contributed by atoms with E-state index in [1.807, 2.05) is 0 Å². The number of carbonyl (C=O) groups is 1. The molecule has 1 aliphatic rings. The van der Waals surface area contributed by atoms with E-state index in [-0.39, 0.29) is 44.4 Å². The van der Waals surface area contributed by atoms with Gasteiger partial charge in [0, 0.05) is 32.2 Å². The topological polar surface area (TPSA) is 85.2 Å². The molecule has 0 aliphatic carbocycles. The van der Waals surface area contributed by atoms with Crippen LogP contribution in [0.2, 0.25) is 0 Å². The molecule has 166 valence electrons. The Labute approximate surface area is 175 Å². The van der Waals surface area contributed by atoms with Crippen LogP contribution in [-0.2, 0) is 11.0 Å². The third-order valence-electron chi connectivity index (χ3n) is 4.89. The molecule has 3 rings (SSSR count). The Bertz CT molecular complexity index is 942. The molecule has 0 saturated carbocycles. The fourth-order valence-electron chi connectivity index (χ4n) is 3.22. The molecule has 0 atom stereocenters. The summed E-state index contributed by atoms with van der Waals surface area (Å²) in [6.07, 6.45) is -4.67. The van der Waals surface area contributed by atoms with Crippen molar-refractivity contribution in [2.24, 2.45) is 0 Å². The van der Waals surface area contributed by atoms with Crippen LogP contribution in [0.3, 0.4) is 0 Å². The molecule has 0 bridgehead atoms. The zero-order valence-electron chi connectivity index (χ0n) is 16.6. The first-order chi connectivity index (χ1) is 14.7. The molecule has 0 spiro atoms. The maximum absolute atomic E-state index is 12.9. The second-order valence-electron chi connectivity index (χ2n) is 6.79. The maximum Gasteiger partial charge on any atom is 0.416 e. The average molecular weight is 439 g/mol. The van der Waals surface area contributed by atoms with Gasteiger partial charge in [0.05, 0.1) is 17.6 Å². The van der Waals surface area contributed by atoms with Crippen molar-refractivity contribution in [2.45, 2.75) is 6.18 Å². The number of rotatable bonds is 6. The van der Waals surface area contributed by atoms with Gasteiger partial charge in [-0.2, -0.15) is 13.2 Å². The highest BCUT2D eigenvalue weighted by atomic mass is 19.4. The van der Waals surface area contributed by atoms with Crippen LogP contribution in [0.1, 0.15) is 5.56 Å². The van der Waals surface area contributed by atoms with Gasteiger partial charge in [0.15, 0.2) is 6.61 Å². The largest absolute Gasteiger partial charge is 0.497 e. The highest BCUT2D eigenvalue weighted by Crippen LogP contribution is 2.36. The summed E-state index contributed by atoms with van der Waals surface area (Å²) in [5.41, 5.74) is -1.59. The molecule has 0 aromatic heterocycles. The van der Waals surface area contributed by atoms with Gasteiger partial charge < -0.3 is 19.3 Å². The van der Waals surface area contributed by atoms with E-state index in [0.29, 0.717) is 17.6 Å². The van der Waals surface area contributed by atoms with Gasteiger partial charge in [0.2, 0.25) is 0 Å². The van der Waals surface area contributed by atoms with Crippen LogP contribution in [0.4, 0.5) is 24.5 Å². The van der Waals surface area contributed by atoms with Crippen molar-refractivity contribution >= 4 is 17.3 Å². The van der Waals surface area contributed by atoms with Crippen LogP contribution < -0.4 is 14.4 Å². The lowest BCUT2D eigenvalue weighted by molar-refractivity contribution is -0.384. The smallest absolute Gasteiger partial charge is 0.416 e. The lowest BCUT2D eigenvalue weighted by atomic mass is 10.1. The SMILES string of the molecule is COc1ccc(OCC(=O)N2CCN(c3ccc(C(F)(F)F)cc3[N+](=O)[O-])CC2)cc1. The Kier molecular flexibility index (Phi) is 6.52. The normalized spacial score (nSPS) is 14.3. The highest BCUT2D eigenvalue weighted by molar-refractivity contribution is 5.78. The predicted octanol–water partition coefficient (Wildman–Crippen LogP) is 3.35. The lowest BCUT2D eigenvalue weighted by Crippen LogP contribution is -2.50. The van der Waals surface area contributed by atoms with Crippen molar-refractivity contribution in [3.8, 4) is 11.5 Å². The van der Waals surface area contributed by atoms with Crippen LogP contribution in [0.15, 0.2) is 42.5 Å². The number of methoxy groups -OCH3 is 1. The van der Waals surface area contributed by atoms with Gasteiger partial charge in [-0.15, -0.1) is 0 Å². The fraction of sp³-hybridized carbons (Fsp3) is 0.350. The van der Waals surface area contributed by atoms with Crippen LogP contribution in [-0.4, -0.2) is 55.6 Å². The molecular weight excluding hydrogens is 419 g/mol. The Hall–Kier alpha value is -3.50. The van der Waals surface area contributed by atoms with Crippen molar-refractivity contribution in [3.05, 3.63) is 58.1 Å². The molecule has 1 saturated heterocycles. The van der Waals surface area contributed by atoms with Crippen LogP contribution >= 0.6 is 0 Å². The number of alkyl halides is 3. The number of nitrogens with zero attached hydrogens (tertiary/aromatic N) is 3. The number of amides is 1. The summed E-state index contributed by atoms with van der Waals surface area (Å²) in [6, 6.07) is 9.22. The van der Waals surface area contributed by atoms with Crippen molar-refractivity contribution in [2.75, 3.05) is 44.8 Å². The minimum Gasteiger partial charge on any atom is -0.497 e. The summed E-state index contributed by atoms with van der Waals surface area (Å²) in [5.74, 6) is 0.915. The standard InChI is InChI=1S/C20H20F3N3O5/c1-30-15-3-5-16(6-4-15)31-13-19(27)25-10-8-24(9-11-25)17-7-2-14(20(21,22)23)12-18(17)26(28)29/h2-7,12H,8-11,13H2,1H3. The molecule has 0 radical (unpaired) electrons. The van der Waals surface area contributed by atoms with Crippen LogP contribution in [0, 0.1) is 10.1 Å². The number of hydrogen-bond acceptors (Lipinski definition) is 6. The van der Waals surface area contributed by atoms with Gasteiger partial charge in [-0.05, 0) is 36.4 Å². The van der Waals surface area contributed by atoms with Gasteiger partial charge in [0.1, 0.15) is 17.2 Å². The molecule has 11 heteroatoms. The minimum absolute atomic E-state index is 0.0968. The Morgan fingerprint density at radius 1 is 1.06 bits per heavy atom. The molecule has 2 aromatic rings. The van der Waals surface area contributed by atoms with E-state index < -0.39 is 22.4 Å². The number of halogens is 3. The first kappa shape index (κ1) is 22.2. The fourth-order valence-corrected chi connectivity index (χ4v) is 3.22. The molecule has 1 heterocycles. The predicted molar refractivity (Wildman–Crippen MR) is 105 cm³/mol. The van der Waals surface area contributed by atoms with Crippen molar-refractivity contribution in [3.63, 3.8) is 0 Å². The van der Waals surface area contributed by atoms with Gasteiger partial charge in [-0.1, -0.05) is 0 Å².